The molecule has 1 aliphatic heterocycles. The monoisotopic (exact) mass is 646 g/mol. The quantitative estimate of drug-likeness (QED) is 0.186. The fourth-order valence-electron chi connectivity index (χ4n) is 8.53. The molecule has 0 unspecified atom stereocenters. The van der Waals surface area contributed by atoms with E-state index in [0.29, 0.717) is 0 Å². The standard InChI is InChI=1S/C49H42O/c1-47(2,3)33-16-11-18-35(29-33)49(36-19-12-17-34(30-36)48(4,5)6)41-23-8-7-20-39(41)46-37(21-13-24-42(46)49)32-26-27-43-40(28-32)38-22-9-14-31-15-10-25-44(50-43)45(31)38/h7-30H,1-6H3. The minimum Gasteiger partial charge on any atom is -0.456 e. The topological polar surface area (TPSA) is 9.23 Å². The first-order valence-electron chi connectivity index (χ1n) is 17.8. The second-order valence-electron chi connectivity index (χ2n) is 16.2. The Bertz CT molecular complexity index is 2420. The summed E-state index contributed by atoms with van der Waals surface area (Å²) in [5.41, 5.74) is 14.9. The Morgan fingerprint density at radius 2 is 1.02 bits per heavy atom. The Kier molecular flexibility index (Phi) is 6.62. The molecule has 0 saturated heterocycles. The van der Waals surface area contributed by atoms with Crippen LogP contribution in [0.15, 0.2) is 146 Å². The maximum Gasteiger partial charge on any atom is 0.135 e. The van der Waals surface area contributed by atoms with Crippen molar-refractivity contribution >= 4 is 10.8 Å². The van der Waals surface area contributed by atoms with Crippen molar-refractivity contribution in [3.8, 4) is 44.9 Å². The first-order valence-corrected chi connectivity index (χ1v) is 17.8. The summed E-state index contributed by atoms with van der Waals surface area (Å²) >= 11 is 0. The highest BCUT2D eigenvalue weighted by atomic mass is 16.5. The van der Waals surface area contributed by atoms with Gasteiger partial charge in [-0.1, -0.05) is 169 Å². The third-order valence-corrected chi connectivity index (χ3v) is 11.1. The molecule has 0 fully saturated rings. The minimum atomic E-state index is -0.494. The molecule has 1 aliphatic carbocycles. The van der Waals surface area contributed by atoms with Gasteiger partial charge in [0.15, 0.2) is 0 Å². The van der Waals surface area contributed by atoms with Crippen molar-refractivity contribution in [2.45, 2.75) is 57.8 Å². The van der Waals surface area contributed by atoms with Gasteiger partial charge in [0, 0.05) is 10.9 Å². The molecule has 9 rings (SSSR count). The average Bonchev–Trinajstić information content (AvgIpc) is 3.43. The van der Waals surface area contributed by atoms with E-state index >= 15 is 0 Å². The molecule has 50 heavy (non-hydrogen) atoms. The molecule has 0 radical (unpaired) electrons. The van der Waals surface area contributed by atoms with Crippen LogP contribution in [0.1, 0.15) is 74.9 Å². The summed E-state index contributed by atoms with van der Waals surface area (Å²) in [5.74, 6) is 1.83. The van der Waals surface area contributed by atoms with Crippen LogP contribution in [0.4, 0.5) is 0 Å². The lowest BCUT2D eigenvalue weighted by molar-refractivity contribution is 0.487. The van der Waals surface area contributed by atoms with Crippen molar-refractivity contribution in [3.05, 3.63) is 179 Å². The van der Waals surface area contributed by atoms with Crippen LogP contribution >= 0.6 is 0 Å². The summed E-state index contributed by atoms with van der Waals surface area (Å²) < 4.78 is 6.52. The second-order valence-corrected chi connectivity index (χ2v) is 16.2. The highest BCUT2D eigenvalue weighted by Gasteiger charge is 2.47. The Hall–Kier alpha value is -5.40. The van der Waals surface area contributed by atoms with Gasteiger partial charge in [-0.3, -0.25) is 0 Å². The minimum absolute atomic E-state index is 0.0138. The molecule has 244 valence electrons. The van der Waals surface area contributed by atoms with Crippen LogP contribution in [0.2, 0.25) is 0 Å². The Morgan fingerprint density at radius 1 is 0.440 bits per heavy atom. The molecule has 0 bridgehead atoms. The lowest BCUT2D eigenvalue weighted by Gasteiger charge is -2.36. The van der Waals surface area contributed by atoms with E-state index in [1.54, 1.807) is 0 Å². The maximum absolute atomic E-state index is 6.52. The Balaban J connectivity index is 1.34. The number of rotatable bonds is 3. The van der Waals surface area contributed by atoms with Crippen molar-refractivity contribution in [2.75, 3.05) is 0 Å². The van der Waals surface area contributed by atoms with Gasteiger partial charge in [-0.2, -0.15) is 0 Å². The van der Waals surface area contributed by atoms with Crippen LogP contribution in [-0.4, -0.2) is 0 Å². The summed E-state index contributed by atoms with van der Waals surface area (Å²) in [5, 5.41) is 2.38. The Labute approximate surface area is 296 Å². The van der Waals surface area contributed by atoms with Crippen LogP contribution in [0.5, 0.6) is 11.5 Å². The molecule has 0 aromatic heterocycles. The summed E-state index contributed by atoms with van der Waals surface area (Å²) in [6, 6.07) is 54.4. The molecular formula is C49H42O. The molecule has 7 aromatic carbocycles. The predicted octanol–water partition coefficient (Wildman–Crippen LogP) is 13.2. The van der Waals surface area contributed by atoms with E-state index in [2.05, 4.69) is 187 Å². The van der Waals surface area contributed by atoms with Gasteiger partial charge in [0.05, 0.1) is 5.41 Å². The molecule has 7 aromatic rings. The van der Waals surface area contributed by atoms with Gasteiger partial charge in [-0.05, 0) is 95.6 Å². The lowest BCUT2D eigenvalue weighted by atomic mass is 9.66. The fourth-order valence-corrected chi connectivity index (χ4v) is 8.53. The van der Waals surface area contributed by atoms with Gasteiger partial charge in [0.1, 0.15) is 11.5 Å². The van der Waals surface area contributed by atoms with E-state index in [4.69, 9.17) is 4.74 Å². The molecule has 1 heterocycles. The van der Waals surface area contributed by atoms with Gasteiger partial charge in [0.2, 0.25) is 0 Å². The summed E-state index contributed by atoms with van der Waals surface area (Å²) in [6.45, 7) is 13.9. The zero-order valence-corrected chi connectivity index (χ0v) is 29.8. The van der Waals surface area contributed by atoms with Crippen molar-refractivity contribution in [3.63, 3.8) is 0 Å². The lowest BCUT2D eigenvalue weighted by Crippen LogP contribution is -2.30. The van der Waals surface area contributed by atoms with Crippen LogP contribution in [0.25, 0.3) is 44.2 Å². The number of ether oxygens (including phenoxy) is 1. The molecule has 0 amide bonds. The van der Waals surface area contributed by atoms with Crippen molar-refractivity contribution in [1.29, 1.82) is 0 Å². The second kappa shape index (κ2) is 10.8. The third kappa shape index (κ3) is 4.46. The van der Waals surface area contributed by atoms with Crippen LogP contribution in [-0.2, 0) is 16.2 Å². The number of hydrogen-bond donors (Lipinski definition) is 0. The van der Waals surface area contributed by atoms with Gasteiger partial charge in [-0.25, -0.2) is 0 Å². The SMILES string of the molecule is CC(C)(C)c1cccc(C2(c3cccc(C(C)(C)C)c3)c3ccccc3-c3c(-c4ccc5c(c4)-c4cccc6cccc(c46)O5)cccc32)c1. The molecule has 0 N–H and O–H groups in total. The summed E-state index contributed by atoms with van der Waals surface area (Å²) in [7, 11) is 0. The maximum atomic E-state index is 6.52. The highest BCUT2D eigenvalue weighted by molar-refractivity contribution is 6.05. The van der Waals surface area contributed by atoms with Crippen LogP contribution < -0.4 is 4.74 Å². The zero-order chi connectivity index (χ0) is 34.4. The molecular weight excluding hydrogens is 605 g/mol. The zero-order valence-electron chi connectivity index (χ0n) is 29.8. The van der Waals surface area contributed by atoms with Crippen molar-refractivity contribution in [1.82, 2.24) is 0 Å². The van der Waals surface area contributed by atoms with Crippen LogP contribution in [0.3, 0.4) is 0 Å². The van der Waals surface area contributed by atoms with Gasteiger partial charge in [0.25, 0.3) is 0 Å². The van der Waals surface area contributed by atoms with Gasteiger partial charge >= 0.3 is 0 Å². The number of fused-ring (bicyclic) bond motifs is 5. The first kappa shape index (κ1) is 30.6. The smallest absolute Gasteiger partial charge is 0.135 e. The highest BCUT2D eigenvalue weighted by Crippen LogP contribution is 2.59. The molecule has 0 saturated carbocycles. The average molecular weight is 647 g/mol. The van der Waals surface area contributed by atoms with E-state index < -0.39 is 5.41 Å². The third-order valence-electron chi connectivity index (χ3n) is 11.1. The van der Waals surface area contributed by atoms with E-state index in [1.807, 2.05) is 0 Å². The number of benzene rings is 7. The largest absolute Gasteiger partial charge is 0.456 e. The molecule has 1 heteroatoms. The van der Waals surface area contributed by atoms with E-state index in [1.165, 1.54) is 72.0 Å². The van der Waals surface area contributed by atoms with E-state index in [0.717, 1.165) is 17.1 Å². The van der Waals surface area contributed by atoms with Crippen LogP contribution in [0, 0.1) is 0 Å². The van der Waals surface area contributed by atoms with Crippen molar-refractivity contribution < 1.29 is 4.74 Å². The molecule has 1 nitrogen and oxygen atoms in total. The Morgan fingerprint density at radius 3 is 1.72 bits per heavy atom. The number of hydrogen-bond acceptors (Lipinski definition) is 1. The van der Waals surface area contributed by atoms with Gasteiger partial charge in [-0.15, -0.1) is 0 Å². The van der Waals surface area contributed by atoms with Gasteiger partial charge < -0.3 is 4.74 Å². The van der Waals surface area contributed by atoms with Crippen molar-refractivity contribution in [2.24, 2.45) is 0 Å². The first-order chi connectivity index (χ1) is 24.0. The summed E-state index contributed by atoms with van der Waals surface area (Å²) in [6.07, 6.45) is 0. The fraction of sp³-hybridized carbons (Fsp3) is 0.184. The predicted molar refractivity (Wildman–Crippen MR) is 210 cm³/mol. The normalized spacial score (nSPS) is 14.1. The molecule has 0 atom stereocenters. The molecule has 0 spiro atoms. The summed E-state index contributed by atoms with van der Waals surface area (Å²) in [4.78, 5) is 0. The van der Waals surface area contributed by atoms with E-state index in [-0.39, 0.29) is 10.8 Å². The molecule has 2 aliphatic rings. The van der Waals surface area contributed by atoms with E-state index in [9.17, 15) is 0 Å².